The smallest absolute Gasteiger partial charge is 0.290 e. The van der Waals surface area contributed by atoms with Crippen molar-refractivity contribution in [2.75, 3.05) is 5.32 Å². The number of benzene rings is 2. The van der Waals surface area contributed by atoms with Crippen LogP contribution >= 0.6 is 11.6 Å². The highest BCUT2D eigenvalue weighted by atomic mass is 35.5. The van der Waals surface area contributed by atoms with Crippen molar-refractivity contribution in [2.45, 2.75) is 51.0 Å². The molecular formula is C26H25ClFN5O5. The third kappa shape index (κ3) is 5.26. The summed E-state index contributed by atoms with van der Waals surface area (Å²) < 4.78 is 20.3. The van der Waals surface area contributed by atoms with E-state index in [1.54, 1.807) is 24.3 Å². The summed E-state index contributed by atoms with van der Waals surface area (Å²) in [6.07, 6.45) is -0.735. The molecule has 1 aliphatic carbocycles. The van der Waals surface area contributed by atoms with Crippen LogP contribution < -0.4 is 10.1 Å². The van der Waals surface area contributed by atoms with Crippen LogP contribution in [0.3, 0.4) is 0 Å². The van der Waals surface area contributed by atoms with Crippen molar-refractivity contribution >= 4 is 46.9 Å². The number of H-pyrrole nitrogens is 1. The van der Waals surface area contributed by atoms with Gasteiger partial charge in [0.25, 0.3) is 12.4 Å². The van der Waals surface area contributed by atoms with E-state index in [1.165, 1.54) is 17.0 Å². The standard InChI is InChI=1S/C25H23ClFN5O3.CH2O2/c1-12(2)35-21-6-3-13(7-15(21)11-28)24(34)32-20-9-14(8-17(20)27)22(32)23(33)31-25-29-18-5-4-16(26)10-19(18)30-25;2-1-3/h3-7,10,12,14,17,20,22H,8-9H2,1-2H3,(H2,29,30,31,33);1H,(H,2,3)/t14?,17-,20?,22+;/m0./s1. The van der Waals surface area contributed by atoms with Gasteiger partial charge in [-0.05, 0) is 69.0 Å². The van der Waals surface area contributed by atoms with E-state index in [9.17, 15) is 19.2 Å². The molecule has 3 aromatic rings. The summed E-state index contributed by atoms with van der Waals surface area (Å²) >= 11 is 6.02. The highest BCUT2D eigenvalue weighted by molar-refractivity contribution is 6.31. The number of anilines is 1. The summed E-state index contributed by atoms with van der Waals surface area (Å²) in [5.41, 5.74) is 1.69. The summed E-state index contributed by atoms with van der Waals surface area (Å²) in [5, 5.41) is 19.7. The molecule has 4 atom stereocenters. The van der Waals surface area contributed by atoms with E-state index >= 15 is 0 Å². The van der Waals surface area contributed by atoms with Gasteiger partial charge in [0, 0.05) is 10.6 Å². The number of piperidine rings is 1. The molecule has 2 heterocycles. The third-order valence-electron chi connectivity index (χ3n) is 6.49. The minimum absolute atomic E-state index is 0.146. The molecule has 0 spiro atoms. The minimum atomic E-state index is -1.21. The Kier molecular flexibility index (Phi) is 7.83. The van der Waals surface area contributed by atoms with Gasteiger partial charge in [0.15, 0.2) is 0 Å². The monoisotopic (exact) mass is 541 g/mol. The molecule has 5 rings (SSSR count). The molecule has 3 N–H and O–H groups in total. The first kappa shape index (κ1) is 26.9. The van der Waals surface area contributed by atoms with Crippen LogP contribution in [0.2, 0.25) is 5.02 Å². The average molecular weight is 542 g/mol. The van der Waals surface area contributed by atoms with Crippen LogP contribution in [0.4, 0.5) is 10.3 Å². The summed E-state index contributed by atoms with van der Waals surface area (Å²) in [7, 11) is 0. The zero-order valence-electron chi connectivity index (χ0n) is 20.5. The van der Waals surface area contributed by atoms with Gasteiger partial charge in [-0.3, -0.25) is 19.7 Å². The zero-order valence-corrected chi connectivity index (χ0v) is 21.3. The maximum Gasteiger partial charge on any atom is 0.290 e. The molecule has 0 radical (unpaired) electrons. The van der Waals surface area contributed by atoms with E-state index in [4.69, 9.17) is 26.2 Å². The fourth-order valence-electron chi connectivity index (χ4n) is 5.08. The topological polar surface area (TPSA) is 148 Å². The number of halogens is 2. The molecule has 2 amide bonds. The quantitative estimate of drug-likeness (QED) is 0.411. The van der Waals surface area contributed by atoms with Crippen molar-refractivity contribution in [3.63, 3.8) is 0 Å². The number of carbonyl (C=O) groups excluding carboxylic acids is 2. The SMILES string of the molecule is CC(C)Oc1ccc(C(=O)N2C3CC(C[C@@H]3F)[C@@H]2C(=O)Nc2nc3ccc(Cl)cc3[nH]2)cc1C#N.O=CO. The Hall–Kier alpha value is -4.17. The lowest BCUT2D eigenvalue weighted by Crippen LogP contribution is -2.54. The Bertz CT molecular complexity index is 1420. The van der Waals surface area contributed by atoms with Crippen molar-refractivity contribution in [2.24, 2.45) is 5.92 Å². The number of nitrogens with zero attached hydrogens (tertiary/aromatic N) is 3. The predicted molar refractivity (Wildman–Crippen MR) is 137 cm³/mol. The van der Waals surface area contributed by atoms with Gasteiger partial charge in [0.2, 0.25) is 11.9 Å². The Morgan fingerprint density at radius 1 is 1.32 bits per heavy atom. The molecule has 2 bridgehead atoms. The molecular weight excluding hydrogens is 517 g/mol. The highest BCUT2D eigenvalue weighted by Gasteiger charge is 2.56. The molecule has 1 saturated carbocycles. The van der Waals surface area contributed by atoms with Gasteiger partial charge < -0.3 is 19.7 Å². The number of carbonyl (C=O) groups is 3. The zero-order chi connectivity index (χ0) is 27.6. The molecule has 198 valence electrons. The second-order valence-corrected chi connectivity index (χ2v) is 9.74. The maximum absolute atomic E-state index is 14.7. The van der Waals surface area contributed by atoms with Crippen LogP contribution in [0.15, 0.2) is 36.4 Å². The molecule has 2 aliphatic rings. The van der Waals surface area contributed by atoms with Crippen LogP contribution in [-0.4, -0.2) is 62.6 Å². The largest absolute Gasteiger partial charge is 0.490 e. The number of fused-ring (bicyclic) bond motifs is 3. The molecule has 2 aromatic carbocycles. The van der Waals surface area contributed by atoms with Gasteiger partial charge in [0.05, 0.1) is 28.7 Å². The first-order valence-electron chi connectivity index (χ1n) is 11.9. The van der Waals surface area contributed by atoms with Crippen molar-refractivity contribution in [3.05, 3.63) is 52.5 Å². The fraction of sp³-hybridized carbons (Fsp3) is 0.346. The highest BCUT2D eigenvalue weighted by Crippen LogP contribution is 2.45. The minimum Gasteiger partial charge on any atom is -0.490 e. The van der Waals surface area contributed by atoms with Gasteiger partial charge in [0.1, 0.15) is 24.0 Å². The first-order chi connectivity index (χ1) is 18.2. The Labute approximate surface area is 222 Å². The number of carboxylic acid groups (broad SMARTS) is 1. The van der Waals surface area contributed by atoms with Crippen molar-refractivity contribution < 1.29 is 28.6 Å². The molecule has 1 aliphatic heterocycles. The predicted octanol–water partition coefficient (Wildman–Crippen LogP) is 4.16. The number of hydrogen-bond donors (Lipinski definition) is 3. The molecule has 2 unspecified atom stereocenters. The molecule has 2 fully saturated rings. The number of imidazole rings is 1. The Morgan fingerprint density at radius 2 is 2.05 bits per heavy atom. The molecule has 12 heteroatoms. The van der Waals surface area contributed by atoms with Crippen LogP contribution in [0.5, 0.6) is 5.75 Å². The number of likely N-dealkylation sites (tertiary alicyclic amines) is 1. The maximum atomic E-state index is 14.7. The van der Waals surface area contributed by atoms with Crippen LogP contribution in [-0.2, 0) is 9.59 Å². The summed E-state index contributed by atoms with van der Waals surface area (Å²) in [6, 6.07) is 10.1. The number of aromatic nitrogens is 2. The Morgan fingerprint density at radius 3 is 2.74 bits per heavy atom. The van der Waals surface area contributed by atoms with E-state index in [1.807, 2.05) is 19.9 Å². The van der Waals surface area contributed by atoms with Crippen LogP contribution in [0.25, 0.3) is 11.0 Å². The van der Waals surface area contributed by atoms with Crippen molar-refractivity contribution in [1.82, 2.24) is 14.9 Å². The van der Waals surface area contributed by atoms with Crippen LogP contribution in [0, 0.1) is 17.2 Å². The molecule has 1 saturated heterocycles. The number of nitrogens with one attached hydrogen (secondary N) is 2. The molecule has 10 nitrogen and oxygen atoms in total. The van der Waals surface area contributed by atoms with E-state index in [0.717, 1.165) is 0 Å². The van der Waals surface area contributed by atoms with E-state index in [-0.39, 0.29) is 42.0 Å². The van der Waals surface area contributed by atoms with E-state index in [0.29, 0.717) is 28.2 Å². The second-order valence-electron chi connectivity index (χ2n) is 9.30. The normalized spacial score (nSPS) is 21.5. The van der Waals surface area contributed by atoms with Gasteiger partial charge >= 0.3 is 0 Å². The number of aromatic amines is 1. The summed E-state index contributed by atoms with van der Waals surface area (Å²) in [6.45, 7) is 3.42. The fourth-order valence-corrected chi connectivity index (χ4v) is 5.26. The lowest BCUT2D eigenvalue weighted by Gasteiger charge is -2.36. The number of ether oxygens (including phenoxy) is 1. The summed E-state index contributed by atoms with van der Waals surface area (Å²) in [4.78, 5) is 43.9. The van der Waals surface area contributed by atoms with Crippen LogP contribution in [0.1, 0.15) is 42.6 Å². The van der Waals surface area contributed by atoms with E-state index < -0.39 is 30.1 Å². The lowest BCUT2D eigenvalue weighted by molar-refractivity contribution is -0.123. The first-order valence-corrected chi connectivity index (χ1v) is 12.3. The molecule has 38 heavy (non-hydrogen) atoms. The van der Waals surface area contributed by atoms with Crippen molar-refractivity contribution in [1.29, 1.82) is 5.26 Å². The summed E-state index contributed by atoms with van der Waals surface area (Å²) in [5.74, 6) is -0.658. The number of amides is 2. The third-order valence-corrected chi connectivity index (χ3v) is 6.73. The van der Waals surface area contributed by atoms with Crippen molar-refractivity contribution in [3.8, 4) is 11.8 Å². The van der Waals surface area contributed by atoms with Gasteiger partial charge in [-0.15, -0.1) is 0 Å². The molecule has 1 aromatic heterocycles. The van der Waals surface area contributed by atoms with Gasteiger partial charge in [-0.2, -0.15) is 5.26 Å². The lowest BCUT2D eigenvalue weighted by atomic mass is 9.96. The van der Waals surface area contributed by atoms with Gasteiger partial charge in [-0.1, -0.05) is 11.6 Å². The number of alkyl halides is 1. The van der Waals surface area contributed by atoms with E-state index in [2.05, 4.69) is 15.3 Å². The number of rotatable bonds is 5. The second kappa shape index (κ2) is 11.1. The Balaban J connectivity index is 0.00000107. The number of hydrogen-bond acceptors (Lipinski definition) is 6. The number of nitriles is 1. The van der Waals surface area contributed by atoms with Gasteiger partial charge in [-0.25, -0.2) is 9.37 Å². The average Bonchev–Trinajstić information content (AvgIpc) is 3.55.